The van der Waals surface area contributed by atoms with E-state index in [0.29, 0.717) is 11.5 Å². The fourth-order valence-electron chi connectivity index (χ4n) is 4.45. The number of carbonyl (C=O) groups is 2. The quantitative estimate of drug-likeness (QED) is 0.729. The van der Waals surface area contributed by atoms with Gasteiger partial charge in [-0.25, -0.2) is 0 Å². The maximum absolute atomic E-state index is 12.4. The molecule has 4 fully saturated rings. The van der Waals surface area contributed by atoms with Crippen LogP contribution in [-0.2, 0) is 14.3 Å². The molecule has 4 heteroatoms. The van der Waals surface area contributed by atoms with Gasteiger partial charge in [-0.05, 0) is 51.2 Å². The molecule has 4 bridgehead atoms. The molecule has 0 radical (unpaired) electrons. The second-order valence-electron chi connectivity index (χ2n) is 6.54. The molecule has 0 spiro atoms. The summed E-state index contributed by atoms with van der Waals surface area (Å²) in [5.74, 6) is 0.513. The van der Waals surface area contributed by atoms with Gasteiger partial charge in [0.2, 0.25) is 0 Å². The van der Waals surface area contributed by atoms with Crippen molar-refractivity contribution in [2.45, 2.75) is 38.7 Å². The van der Waals surface area contributed by atoms with Crippen LogP contribution in [0.3, 0.4) is 0 Å². The van der Waals surface area contributed by atoms with Crippen LogP contribution in [0.25, 0.3) is 0 Å². The van der Waals surface area contributed by atoms with Gasteiger partial charge in [-0.3, -0.25) is 9.59 Å². The van der Waals surface area contributed by atoms with Crippen molar-refractivity contribution in [2.24, 2.45) is 17.3 Å². The van der Waals surface area contributed by atoms with Crippen LogP contribution in [0.15, 0.2) is 23.4 Å². The van der Waals surface area contributed by atoms with Gasteiger partial charge in [0, 0.05) is 17.2 Å². The van der Waals surface area contributed by atoms with E-state index in [1.807, 2.05) is 12.2 Å². The van der Waals surface area contributed by atoms with E-state index < -0.39 is 5.41 Å². The van der Waals surface area contributed by atoms with Crippen molar-refractivity contribution in [1.29, 1.82) is 0 Å². The van der Waals surface area contributed by atoms with Gasteiger partial charge in [0.05, 0.1) is 5.41 Å². The van der Waals surface area contributed by atoms with Crippen LogP contribution in [-0.4, -0.2) is 17.5 Å². The summed E-state index contributed by atoms with van der Waals surface area (Å²) in [6.45, 7) is 3.84. The van der Waals surface area contributed by atoms with Crippen molar-refractivity contribution in [2.75, 3.05) is 0 Å². The largest absolute Gasteiger partial charge is 0.458 e. The molecule has 4 nitrogen and oxygen atoms in total. The molecule has 2 aliphatic heterocycles. The van der Waals surface area contributed by atoms with Crippen LogP contribution in [0.1, 0.15) is 33.1 Å². The molecule has 3 aliphatic carbocycles. The third kappa shape index (κ3) is 1.15. The highest BCUT2D eigenvalue weighted by Crippen LogP contribution is 2.69. The van der Waals surface area contributed by atoms with Gasteiger partial charge < -0.3 is 10.1 Å². The summed E-state index contributed by atoms with van der Waals surface area (Å²) in [6, 6.07) is 0. The zero-order valence-electron chi connectivity index (χ0n) is 11.2. The highest BCUT2D eigenvalue weighted by Gasteiger charge is 2.74. The Labute approximate surface area is 111 Å². The number of ether oxygens (including phenoxy) is 1. The fourth-order valence-corrected chi connectivity index (χ4v) is 4.45. The molecule has 5 rings (SSSR count). The van der Waals surface area contributed by atoms with Crippen molar-refractivity contribution in [3.05, 3.63) is 23.4 Å². The maximum Gasteiger partial charge on any atom is 0.317 e. The SMILES string of the molecule is CC1=CC(=CC23C(=O)OC4(C)CCC2CC43)NC1=O. The van der Waals surface area contributed by atoms with Crippen LogP contribution in [0.5, 0.6) is 0 Å². The predicted octanol–water partition coefficient (Wildman–Crippen LogP) is 1.68. The van der Waals surface area contributed by atoms with Gasteiger partial charge in [-0.1, -0.05) is 0 Å². The molecule has 1 saturated heterocycles. The van der Waals surface area contributed by atoms with E-state index >= 15 is 0 Å². The lowest BCUT2D eigenvalue weighted by molar-refractivity contribution is -0.151. The minimum absolute atomic E-state index is 0.0683. The first-order valence-corrected chi connectivity index (χ1v) is 6.92. The number of rotatable bonds is 1. The first-order chi connectivity index (χ1) is 8.95. The molecule has 4 atom stereocenters. The average Bonchev–Trinajstić information content (AvgIpc) is 2.67. The third-order valence-electron chi connectivity index (χ3n) is 5.56. The molecule has 0 aromatic rings. The van der Waals surface area contributed by atoms with Gasteiger partial charge in [-0.2, -0.15) is 0 Å². The smallest absolute Gasteiger partial charge is 0.317 e. The maximum atomic E-state index is 12.4. The Bertz CT molecular complexity index is 574. The average molecular weight is 259 g/mol. The van der Waals surface area contributed by atoms with Crippen LogP contribution in [0.2, 0.25) is 0 Å². The molecule has 5 aliphatic rings. The topological polar surface area (TPSA) is 55.4 Å². The number of hydrogen-bond donors (Lipinski definition) is 1. The molecule has 1 amide bonds. The Morgan fingerprint density at radius 2 is 2.26 bits per heavy atom. The number of nitrogens with one attached hydrogen (secondary N) is 1. The summed E-state index contributed by atoms with van der Waals surface area (Å²) < 4.78 is 5.68. The van der Waals surface area contributed by atoms with Crippen LogP contribution < -0.4 is 5.32 Å². The summed E-state index contributed by atoms with van der Waals surface area (Å²) in [6.07, 6.45) is 6.88. The summed E-state index contributed by atoms with van der Waals surface area (Å²) >= 11 is 0. The fraction of sp³-hybridized carbons (Fsp3) is 0.600. The predicted molar refractivity (Wildman–Crippen MR) is 67.7 cm³/mol. The monoisotopic (exact) mass is 259 g/mol. The molecule has 19 heavy (non-hydrogen) atoms. The van der Waals surface area contributed by atoms with Crippen molar-refractivity contribution >= 4 is 11.9 Å². The first-order valence-electron chi connectivity index (χ1n) is 6.92. The Morgan fingerprint density at radius 3 is 2.89 bits per heavy atom. The van der Waals surface area contributed by atoms with Crippen molar-refractivity contribution in [1.82, 2.24) is 5.32 Å². The van der Waals surface area contributed by atoms with Gasteiger partial charge in [-0.15, -0.1) is 0 Å². The molecular formula is C15H17NO3. The zero-order chi connectivity index (χ0) is 13.4. The van der Waals surface area contributed by atoms with Crippen molar-refractivity contribution in [3.8, 4) is 0 Å². The highest BCUT2D eigenvalue weighted by molar-refractivity contribution is 5.98. The lowest BCUT2D eigenvalue weighted by Crippen LogP contribution is -2.57. The van der Waals surface area contributed by atoms with Crippen molar-refractivity contribution in [3.63, 3.8) is 0 Å². The molecule has 2 heterocycles. The minimum Gasteiger partial charge on any atom is -0.458 e. The first kappa shape index (κ1) is 11.3. The Balaban J connectivity index is 1.78. The molecule has 1 N–H and O–H groups in total. The number of esters is 1. The molecule has 4 unspecified atom stereocenters. The standard InChI is InChI=1S/C15H17NO3/c1-8-5-10(16-12(8)17)7-15-9-3-4-14(2,11(15)6-9)19-13(15)18/h5,7,9,11H,3-4,6H2,1-2H3,(H,16,17). The van der Waals surface area contributed by atoms with E-state index in [1.165, 1.54) is 0 Å². The van der Waals surface area contributed by atoms with E-state index in [2.05, 4.69) is 12.2 Å². The van der Waals surface area contributed by atoms with Crippen LogP contribution >= 0.6 is 0 Å². The number of hydrogen-bond acceptors (Lipinski definition) is 3. The number of carbonyl (C=O) groups excluding carboxylic acids is 2. The second kappa shape index (κ2) is 3.11. The van der Waals surface area contributed by atoms with Gasteiger partial charge in [0.1, 0.15) is 5.60 Å². The van der Waals surface area contributed by atoms with E-state index in [1.54, 1.807) is 6.92 Å². The van der Waals surface area contributed by atoms with Crippen LogP contribution in [0.4, 0.5) is 0 Å². The lowest BCUT2D eigenvalue weighted by Gasteiger charge is -2.55. The molecule has 0 aromatic heterocycles. The highest BCUT2D eigenvalue weighted by atomic mass is 16.6. The van der Waals surface area contributed by atoms with Crippen molar-refractivity contribution < 1.29 is 14.3 Å². The van der Waals surface area contributed by atoms with Crippen LogP contribution in [0, 0.1) is 17.3 Å². The number of amides is 1. The molecule has 3 saturated carbocycles. The molecule has 0 aromatic carbocycles. The normalized spacial score (nSPS) is 48.7. The Hall–Kier alpha value is -1.58. The Morgan fingerprint density at radius 1 is 1.47 bits per heavy atom. The molecular weight excluding hydrogens is 242 g/mol. The minimum atomic E-state index is -0.475. The van der Waals surface area contributed by atoms with E-state index in [0.717, 1.165) is 25.0 Å². The summed E-state index contributed by atoms with van der Waals surface area (Å²) in [7, 11) is 0. The summed E-state index contributed by atoms with van der Waals surface area (Å²) in [5.41, 5.74) is 0.697. The van der Waals surface area contributed by atoms with E-state index in [9.17, 15) is 9.59 Å². The number of allylic oxidation sites excluding steroid dienone is 1. The van der Waals surface area contributed by atoms with Gasteiger partial charge >= 0.3 is 5.97 Å². The number of fused-ring (bicyclic) bond motifs is 1. The van der Waals surface area contributed by atoms with E-state index in [-0.39, 0.29) is 23.4 Å². The zero-order valence-corrected chi connectivity index (χ0v) is 11.2. The summed E-state index contributed by atoms with van der Waals surface area (Å²) in [5, 5.41) is 2.82. The summed E-state index contributed by atoms with van der Waals surface area (Å²) in [4.78, 5) is 23.9. The Kier molecular flexibility index (Phi) is 1.84. The van der Waals surface area contributed by atoms with Gasteiger partial charge in [0.25, 0.3) is 5.91 Å². The third-order valence-corrected chi connectivity index (χ3v) is 5.56. The lowest BCUT2D eigenvalue weighted by atomic mass is 9.44. The second-order valence-corrected chi connectivity index (χ2v) is 6.54. The van der Waals surface area contributed by atoms with Gasteiger partial charge in [0.15, 0.2) is 0 Å². The molecule has 100 valence electrons. The van der Waals surface area contributed by atoms with E-state index in [4.69, 9.17) is 4.74 Å².